The molecule has 0 unspecified atom stereocenters. The molecule has 114 valence electrons. The van der Waals surface area contributed by atoms with Crippen molar-refractivity contribution in [2.45, 2.75) is 20.0 Å². The van der Waals surface area contributed by atoms with Crippen LogP contribution in [0.3, 0.4) is 0 Å². The summed E-state index contributed by atoms with van der Waals surface area (Å²) in [4.78, 5) is 23.4. The monoisotopic (exact) mass is 300 g/mol. The van der Waals surface area contributed by atoms with E-state index in [9.17, 15) is 9.59 Å². The number of hydrogen-bond donors (Lipinski definition) is 1. The zero-order valence-electron chi connectivity index (χ0n) is 12.3. The van der Waals surface area contributed by atoms with Gasteiger partial charge in [0, 0.05) is 0 Å². The minimum absolute atomic E-state index is 0.000602. The molecule has 0 atom stereocenters. The third-order valence-corrected chi connectivity index (χ3v) is 2.79. The second-order valence-electron chi connectivity index (χ2n) is 4.85. The van der Waals surface area contributed by atoms with Crippen LogP contribution < -0.4 is 9.47 Å². The highest BCUT2D eigenvalue weighted by molar-refractivity contribution is 5.96. The van der Waals surface area contributed by atoms with Crippen molar-refractivity contribution in [2.75, 3.05) is 0 Å². The quantitative estimate of drug-likeness (QED) is 0.677. The third-order valence-electron chi connectivity index (χ3n) is 2.79. The minimum atomic E-state index is -1.16. The summed E-state index contributed by atoms with van der Waals surface area (Å²) in [5.41, 5.74) is 0.175. The number of benzene rings is 2. The zero-order valence-corrected chi connectivity index (χ0v) is 12.3. The standard InChI is InChI=1S/C17H16O5/c1-11(2)21-15-10-6-4-8-13(15)17(20)22-14-9-5-3-7-12(14)16(18)19/h3-11H,1-2H3,(H,18,19). The summed E-state index contributed by atoms with van der Waals surface area (Å²) in [5.74, 6) is -1.42. The van der Waals surface area contributed by atoms with E-state index in [1.165, 1.54) is 12.1 Å². The number of hydrogen-bond acceptors (Lipinski definition) is 4. The van der Waals surface area contributed by atoms with Gasteiger partial charge < -0.3 is 14.6 Å². The molecule has 0 saturated carbocycles. The number of para-hydroxylation sites is 2. The molecule has 5 heteroatoms. The Morgan fingerprint density at radius 3 is 2.05 bits per heavy atom. The Balaban J connectivity index is 2.29. The van der Waals surface area contributed by atoms with E-state index in [0.29, 0.717) is 5.75 Å². The van der Waals surface area contributed by atoms with Crippen molar-refractivity contribution in [3.63, 3.8) is 0 Å². The molecule has 2 aromatic rings. The average Bonchev–Trinajstić information content (AvgIpc) is 2.47. The van der Waals surface area contributed by atoms with E-state index in [2.05, 4.69) is 0 Å². The van der Waals surface area contributed by atoms with Crippen LogP contribution in [0.5, 0.6) is 11.5 Å². The van der Waals surface area contributed by atoms with E-state index in [1.54, 1.807) is 36.4 Å². The van der Waals surface area contributed by atoms with Gasteiger partial charge in [-0.25, -0.2) is 9.59 Å². The van der Waals surface area contributed by atoms with Gasteiger partial charge in [-0.2, -0.15) is 0 Å². The van der Waals surface area contributed by atoms with Gasteiger partial charge in [0.05, 0.1) is 6.10 Å². The SMILES string of the molecule is CC(C)Oc1ccccc1C(=O)Oc1ccccc1C(=O)O. The van der Waals surface area contributed by atoms with Gasteiger partial charge in [0.25, 0.3) is 0 Å². The highest BCUT2D eigenvalue weighted by atomic mass is 16.5. The summed E-state index contributed by atoms with van der Waals surface area (Å²) < 4.78 is 10.8. The van der Waals surface area contributed by atoms with Crippen molar-refractivity contribution in [1.29, 1.82) is 0 Å². The lowest BCUT2D eigenvalue weighted by Gasteiger charge is -2.14. The molecular weight excluding hydrogens is 284 g/mol. The number of rotatable bonds is 5. The molecular formula is C17H16O5. The molecule has 0 heterocycles. The van der Waals surface area contributed by atoms with Crippen LogP contribution in [0, 0.1) is 0 Å². The van der Waals surface area contributed by atoms with Crippen LogP contribution >= 0.6 is 0 Å². The second-order valence-corrected chi connectivity index (χ2v) is 4.85. The number of aromatic carboxylic acids is 1. The summed E-state index contributed by atoms with van der Waals surface area (Å²) in [5, 5.41) is 9.11. The Morgan fingerprint density at radius 1 is 0.909 bits per heavy atom. The number of esters is 1. The molecule has 1 N–H and O–H groups in total. The zero-order chi connectivity index (χ0) is 16.1. The van der Waals surface area contributed by atoms with Crippen LogP contribution in [0.25, 0.3) is 0 Å². The summed E-state index contributed by atoms with van der Waals surface area (Å²) >= 11 is 0. The molecule has 0 aliphatic rings. The maximum atomic E-state index is 12.3. The number of carbonyl (C=O) groups is 2. The predicted molar refractivity (Wildman–Crippen MR) is 80.6 cm³/mol. The molecule has 2 rings (SSSR count). The summed E-state index contributed by atoms with van der Waals surface area (Å²) in [7, 11) is 0. The van der Waals surface area contributed by atoms with E-state index in [4.69, 9.17) is 14.6 Å². The third kappa shape index (κ3) is 3.63. The summed E-state index contributed by atoms with van der Waals surface area (Å²) in [6.07, 6.45) is -0.0970. The van der Waals surface area contributed by atoms with Crippen LogP contribution in [0.2, 0.25) is 0 Å². The molecule has 0 radical (unpaired) electrons. The van der Waals surface area contributed by atoms with Gasteiger partial charge in [-0.05, 0) is 38.1 Å². The van der Waals surface area contributed by atoms with E-state index in [0.717, 1.165) is 0 Å². The Bertz CT molecular complexity index is 691. The normalized spacial score (nSPS) is 10.3. The van der Waals surface area contributed by atoms with Gasteiger partial charge in [-0.3, -0.25) is 0 Å². The van der Waals surface area contributed by atoms with Crippen molar-refractivity contribution in [2.24, 2.45) is 0 Å². The minimum Gasteiger partial charge on any atom is -0.490 e. The fraction of sp³-hybridized carbons (Fsp3) is 0.176. The van der Waals surface area contributed by atoms with Crippen LogP contribution in [-0.2, 0) is 0 Å². The highest BCUT2D eigenvalue weighted by Crippen LogP contribution is 2.24. The fourth-order valence-electron chi connectivity index (χ4n) is 1.88. The molecule has 0 saturated heterocycles. The molecule has 0 fully saturated rings. The first kappa shape index (κ1) is 15.6. The summed E-state index contributed by atoms with van der Waals surface area (Å²) in [6, 6.07) is 12.7. The number of carbonyl (C=O) groups excluding carboxylic acids is 1. The average molecular weight is 300 g/mol. The van der Waals surface area contributed by atoms with Gasteiger partial charge in [0.2, 0.25) is 0 Å². The number of carboxylic acids is 1. The first-order chi connectivity index (χ1) is 10.5. The maximum absolute atomic E-state index is 12.3. The maximum Gasteiger partial charge on any atom is 0.347 e. The molecule has 5 nitrogen and oxygen atoms in total. The number of ether oxygens (including phenoxy) is 2. The van der Waals surface area contributed by atoms with Crippen molar-refractivity contribution in [3.8, 4) is 11.5 Å². The van der Waals surface area contributed by atoms with Gasteiger partial charge in [0.1, 0.15) is 22.6 Å². The Hall–Kier alpha value is -2.82. The Labute approximate surface area is 128 Å². The van der Waals surface area contributed by atoms with Crippen molar-refractivity contribution in [1.82, 2.24) is 0 Å². The Morgan fingerprint density at radius 2 is 1.45 bits per heavy atom. The lowest BCUT2D eigenvalue weighted by atomic mass is 10.2. The topological polar surface area (TPSA) is 72.8 Å². The molecule has 0 bridgehead atoms. The van der Waals surface area contributed by atoms with E-state index in [1.807, 2.05) is 13.8 Å². The fourth-order valence-corrected chi connectivity index (χ4v) is 1.88. The summed E-state index contributed by atoms with van der Waals surface area (Å²) in [6.45, 7) is 3.70. The lowest BCUT2D eigenvalue weighted by molar-refractivity contribution is 0.0680. The largest absolute Gasteiger partial charge is 0.490 e. The lowest BCUT2D eigenvalue weighted by Crippen LogP contribution is -2.15. The molecule has 0 aliphatic heterocycles. The van der Waals surface area contributed by atoms with E-state index < -0.39 is 11.9 Å². The van der Waals surface area contributed by atoms with Gasteiger partial charge in [-0.1, -0.05) is 24.3 Å². The molecule has 0 spiro atoms. The first-order valence-corrected chi connectivity index (χ1v) is 6.79. The highest BCUT2D eigenvalue weighted by Gasteiger charge is 2.18. The van der Waals surface area contributed by atoms with Gasteiger partial charge in [-0.15, -0.1) is 0 Å². The second kappa shape index (κ2) is 6.76. The molecule has 0 aliphatic carbocycles. The molecule has 0 aromatic heterocycles. The van der Waals surface area contributed by atoms with Crippen LogP contribution in [0.4, 0.5) is 0 Å². The van der Waals surface area contributed by atoms with Crippen molar-refractivity contribution < 1.29 is 24.2 Å². The van der Waals surface area contributed by atoms with Crippen LogP contribution in [0.1, 0.15) is 34.6 Å². The molecule has 0 amide bonds. The van der Waals surface area contributed by atoms with Crippen LogP contribution in [0.15, 0.2) is 48.5 Å². The predicted octanol–water partition coefficient (Wildman–Crippen LogP) is 3.39. The molecule has 22 heavy (non-hydrogen) atoms. The van der Waals surface area contributed by atoms with Gasteiger partial charge in [0.15, 0.2) is 0 Å². The smallest absolute Gasteiger partial charge is 0.347 e. The van der Waals surface area contributed by atoms with Crippen molar-refractivity contribution in [3.05, 3.63) is 59.7 Å². The number of carboxylic acid groups (broad SMARTS) is 1. The first-order valence-electron chi connectivity index (χ1n) is 6.79. The van der Waals surface area contributed by atoms with Crippen molar-refractivity contribution >= 4 is 11.9 Å². The Kier molecular flexibility index (Phi) is 4.78. The van der Waals surface area contributed by atoms with Crippen LogP contribution in [-0.4, -0.2) is 23.1 Å². The van der Waals surface area contributed by atoms with E-state index in [-0.39, 0.29) is 23.0 Å². The van der Waals surface area contributed by atoms with Gasteiger partial charge >= 0.3 is 11.9 Å². The van der Waals surface area contributed by atoms with E-state index >= 15 is 0 Å². The molecule has 2 aromatic carbocycles.